The summed E-state index contributed by atoms with van der Waals surface area (Å²) in [6, 6.07) is 17.6. The van der Waals surface area contributed by atoms with Crippen molar-refractivity contribution < 1.29 is 0 Å². The molecule has 0 aliphatic heterocycles. The zero-order valence-corrected chi connectivity index (χ0v) is 10.6. The van der Waals surface area contributed by atoms with E-state index in [1.54, 1.807) is 11.8 Å². The number of nitrogens with zero attached hydrogens (tertiary/aromatic N) is 1. The first-order valence-corrected chi connectivity index (χ1v) is 6.52. The van der Waals surface area contributed by atoms with E-state index in [4.69, 9.17) is 16.9 Å². The van der Waals surface area contributed by atoms with Crippen LogP contribution in [-0.2, 0) is 5.75 Å². The fraction of sp³-hybridized carbons (Fsp3) is 0.0714. The second-order valence-electron chi connectivity index (χ2n) is 3.52. The van der Waals surface area contributed by atoms with Crippen molar-refractivity contribution in [3.63, 3.8) is 0 Å². The molecule has 0 spiro atoms. The molecule has 3 heteroatoms. The zero-order chi connectivity index (χ0) is 12.1. The molecule has 0 aliphatic carbocycles. The minimum Gasteiger partial charge on any atom is -0.192 e. The van der Waals surface area contributed by atoms with E-state index < -0.39 is 0 Å². The normalized spacial score (nSPS) is 9.88. The molecule has 0 unspecified atom stereocenters. The van der Waals surface area contributed by atoms with Crippen LogP contribution in [0.1, 0.15) is 11.1 Å². The average Bonchev–Trinajstić information content (AvgIpc) is 2.38. The summed E-state index contributed by atoms with van der Waals surface area (Å²) in [5.74, 6) is 0.843. The van der Waals surface area contributed by atoms with Gasteiger partial charge in [0.25, 0.3) is 0 Å². The lowest BCUT2D eigenvalue weighted by atomic mass is 10.2. The van der Waals surface area contributed by atoms with Crippen LogP contribution in [0.4, 0.5) is 0 Å². The van der Waals surface area contributed by atoms with Crippen molar-refractivity contribution in [3.05, 3.63) is 64.7 Å². The number of thioether (sulfide) groups is 1. The molecule has 0 aromatic heterocycles. The van der Waals surface area contributed by atoms with Crippen LogP contribution < -0.4 is 0 Å². The largest absolute Gasteiger partial charge is 0.192 e. The zero-order valence-electron chi connectivity index (χ0n) is 9.06. The maximum atomic E-state index is 8.97. The van der Waals surface area contributed by atoms with Crippen LogP contribution in [0, 0.1) is 11.3 Å². The molecule has 0 fully saturated rings. The molecule has 1 nitrogen and oxygen atoms in total. The molecular weight excluding hydrogens is 250 g/mol. The maximum Gasteiger partial charge on any atom is 0.100 e. The highest BCUT2D eigenvalue weighted by Crippen LogP contribution is 2.26. The molecule has 0 bridgehead atoms. The van der Waals surface area contributed by atoms with E-state index >= 15 is 0 Å². The minimum absolute atomic E-state index is 0.728. The van der Waals surface area contributed by atoms with Crippen molar-refractivity contribution in [3.8, 4) is 6.07 Å². The highest BCUT2D eigenvalue weighted by molar-refractivity contribution is 7.98. The third-order valence-electron chi connectivity index (χ3n) is 2.32. The lowest BCUT2D eigenvalue weighted by Gasteiger charge is -2.03. The van der Waals surface area contributed by atoms with Gasteiger partial charge in [-0.15, -0.1) is 11.8 Å². The van der Waals surface area contributed by atoms with Gasteiger partial charge in [0.1, 0.15) is 6.07 Å². The summed E-state index contributed by atoms with van der Waals surface area (Å²) < 4.78 is 0. The second kappa shape index (κ2) is 5.77. The smallest absolute Gasteiger partial charge is 0.100 e. The number of rotatable bonds is 3. The van der Waals surface area contributed by atoms with Gasteiger partial charge >= 0.3 is 0 Å². The predicted octanol–water partition coefficient (Wildman–Crippen LogP) is 4.50. The molecule has 0 N–H and O–H groups in total. The van der Waals surface area contributed by atoms with Gasteiger partial charge in [-0.25, -0.2) is 0 Å². The monoisotopic (exact) mass is 259 g/mol. The Hall–Kier alpha value is -1.43. The Labute approximate surface area is 110 Å². The molecule has 0 atom stereocenters. The van der Waals surface area contributed by atoms with E-state index in [-0.39, 0.29) is 0 Å². The van der Waals surface area contributed by atoms with E-state index in [1.165, 1.54) is 5.56 Å². The summed E-state index contributed by atoms with van der Waals surface area (Å²) in [7, 11) is 0. The summed E-state index contributed by atoms with van der Waals surface area (Å²) in [6.07, 6.45) is 0. The van der Waals surface area contributed by atoms with Crippen molar-refractivity contribution in [2.75, 3.05) is 0 Å². The third-order valence-corrected chi connectivity index (χ3v) is 3.71. The molecule has 2 aromatic carbocycles. The fourth-order valence-corrected chi connectivity index (χ4v) is 2.51. The highest BCUT2D eigenvalue weighted by atomic mass is 35.5. The molecule has 0 saturated heterocycles. The van der Waals surface area contributed by atoms with Gasteiger partial charge in [-0.3, -0.25) is 0 Å². The number of benzene rings is 2. The van der Waals surface area contributed by atoms with Crippen molar-refractivity contribution in [2.45, 2.75) is 10.6 Å². The molecular formula is C14H10ClNS. The van der Waals surface area contributed by atoms with Gasteiger partial charge in [-0.1, -0.05) is 35.9 Å². The number of hydrogen-bond donors (Lipinski definition) is 0. The summed E-state index contributed by atoms with van der Waals surface area (Å²) in [5.41, 5.74) is 1.93. The molecule has 0 heterocycles. The molecule has 2 aromatic rings. The molecule has 0 amide bonds. The Balaban J connectivity index is 2.08. The van der Waals surface area contributed by atoms with E-state index in [0.717, 1.165) is 21.2 Å². The Morgan fingerprint density at radius 2 is 1.76 bits per heavy atom. The third kappa shape index (κ3) is 3.26. The van der Waals surface area contributed by atoms with E-state index in [0.29, 0.717) is 0 Å². The standard InChI is InChI=1S/C14H10ClNS/c15-13-7-5-11(6-8-13)10-17-14-4-2-1-3-12(14)9-16/h1-8H,10H2. The van der Waals surface area contributed by atoms with Crippen molar-refractivity contribution in [1.29, 1.82) is 5.26 Å². The molecule has 17 heavy (non-hydrogen) atoms. The number of halogens is 1. The molecule has 84 valence electrons. The van der Waals surface area contributed by atoms with E-state index in [1.807, 2.05) is 48.5 Å². The van der Waals surface area contributed by atoms with Gasteiger partial charge < -0.3 is 0 Å². The fourth-order valence-electron chi connectivity index (χ4n) is 1.43. The van der Waals surface area contributed by atoms with E-state index in [2.05, 4.69) is 6.07 Å². The van der Waals surface area contributed by atoms with Crippen LogP contribution >= 0.6 is 23.4 Å². The predicted molar refractivity (Wildman–Crippen MR) is 72.2 cm³/mol. The van der Waals surface area contributed by atoms with Gasteiger partial charge in [0.15, 0.2) is 0 Å². The Bertz CT molecular complexity index is 543. The van der Waals surface area contributed by atoms with E-state index in [9.17, 15) is 0 Å². The molecule has 0 radical (unpaired) electrons. The average molecular weight is 260 g/mol. The van der Waals surface area contributed by atoms with Gasteiger partial charge in [-0.05, 0) is 29.8 Å². The van der Waals surface area contributed by atoms with Gasteiger partial charge in [0, 0.05) is 15.7 Å². The van der Waals surface area contributed by atoms with Gasteiger partial charge in [0.2, 0.25) is 0 Å². The summed E-state index contributed by atoms with van der Waals surface area (Å²) >= 11 is 7.49. The highest BCUT2D eigenvalue weighted by Gasteiger charge is 2.01. The summed E-state index contributed by atoms with van der Waals surface area (Å²) in [5, 5.41) is 9.72. The van der Waals surface area contributed by atoms with Crippen molar-refractivity contribution >= 4 is 23.4 Å². The minimum atomic E-state index is 0.728. The van der Waals surface area contributed by atoms with Gasteiger partial charge in [-0.2, -0.15) is 5.26 Å². The molecule has 2 rings (SSSR count). The lowest BCUT2D eigenvalue weighted by Crippen LogP contribution is -1.83. The van der Waals surface area contributed by atoms with Crippen LogP contribution in [0.25, 0.3) is 0 Å². The first-order chi connectivity index (χ1) is 8.29. The first kappa shape index (κ1) is 12.0. The van der Waals surface area contributed by atoms with Crippen molar-refractivity contribution in [1.82, 2.24) is 0 Å². The van der Waals surface area contributed by atoms with Gasteiger partial charge in [0.05, 0.1) is 5.56 Å². The van der Waals surface area contributed by atoms with Crippen LogP contribution in [-0.4, -0.2) is 0 Å². The first-order valence-electron chi connectivity index (χ1n) is 5.16. The Kier molecular flexibility index (Phi) is 4.08. The number of nitriles is 1. The van der Waals surface area contributed by atoms with Crippen LogP contribution in [0.3, 0.4) is 0 Å². The topological polar surface area (TPSA) is 23.8 Å². The Morgan fingerprint density at radius 3 is 2.47 bits per heavy atom. The second-order valence-corrected chi connectivity index (χ2v) is 4.98. The molecule has 0 saturated carbocycles. The van der Waals surface area contributed by atoms with Crippen molar-refractivity contribution in [2.24, 2.45) is 0 Å². The maximum absolute atomic E-state index is 8.97. The number of hydrogen-bond acceptors (Lipinski definition) is 2. The van der Waals surface area contributed by atoms with Crippen LogP contribution in [0.2, 0.25) is 5.02 Å². The Morgan fingerprint density at radius 1 is 1.06 bits per heavy atom. The van der Waals surface area contributed by atoms with Crippen LogP contribution in [0.15, 0.2) is 53.4 Å². The lowest BCUT2D eigenvalue weighted by molar-refractivity contribution is 1.34. The summed E-state index contributed by atoms with van der Waals surface area (Å²) in [4.78, 5) is 1.02. The van der Waals surface area contributed by atoms with Crippen LogP contribution in [0.5, 0.6) is 0 Å². The SMILES string of the molecule is N#Cc1ccccc1SCc1ccc(Cl)cc1. The summed E-state index contributed by atoms with van der Waals surface area (Å²) in [6.45, 7) is 0. The molecule has 0 aliphatic rings. The quantitative estimate of drug-likeness (QED) is 0.758.